The lowest BCUT2D eigenvalue weighted by Crippen LogP contribution is -2.22. The van der Waals surface area contributed by atoms with E-state index in [9.17, 15) is 5.11 Å². The van der Waals surface area contributed by atoms with E-state index in [0.29, 0.717) is 5.92 Å². The first-order valence-electron chi connectivity index (χ1n) is 6.18. The molecule has 0 radical (unpaired) electrons. The lowest BCUT2D eigenvalue weighted by Gasteiger charge is -2.27. The summed E-state index contributed by atoms with van der Waals surface area (Å²) >= 11 is 2.02. The minimum atomic E-state index is -0.326. The molecule has 2 aliphatic heterocycles. The lowest BCUT2D eigenvalue weighted by atomic mass is 10.0. The van der Waals surface area contributed by atoms with Crippen LogP contribution in [-0.2, 0) is 6.42 Å². The van der Waals surface area contributed by atoms with Gasteiger partial charge in [0.15, 0.2) is 0 Å². The van der Waals surface area contributed by atoms with Gasteiger partial charge in [-0.15, -0.1) is 0 Å². The molecule has 1 N–H and O–H groups in total. The zero-order valence-corrected chi connectivity index (χ0v) is 10.2. The Morgan fingerprint density at radius 1 is 1.38 bits per heavy atom. The molecule has 0 aliphatic carbocycles. The lowest BCUT2D eigenvalue weighted by molar-refractivity contribution is 0.0746. The maximum Gasteiger partial charge on any atom is 0.132 e. The predicted molar refractivity (Wildman–Crippen MR) is 65.7 cm³/mol. The van der Waals surface area contributed by atoms with Crippen molar-refractivity contribution in [3.8, 4) is 0 Å². The Labute approximate surface area is 100 Å². The molecule has 1 aromatic rings. The summed E-state index contributed by atoms with van der Waals surface area (Å²) in [6.07, 6.45) is 7.21. The van der Waals surface area contributed by atoms with Crippen LogP contribution >= 0.6 is 11.8 Å². The van der Waals surface area contributed by atoms with Crippen molar-refractivity contribution in [3.05, 3.63) is 17.7 Å². The van der Waals surface area contributed by atoms with Crippen molar-refractivity contribution in [1.82, 2.24) is 9.55 Å². The van der Waals surface area contributed by atoms with Gasteiger partial charge in [-0.2, -0.15) is 11.8 Å². The fourth-order valence-corrected chi connectivity index (χ4v) is 3.92. The van der Waals surface area contributed by atoms with E-state index < -0.39 is 0 Å². The van der Waals surface area contributed by atoms with Crippen LogP contribution in [0.15, 0.2) is 6.20 Å². The van der Waals surface area contributed by atoms with Crippen LogP contribution in [0.1, 0.15) is 49.3 Å². The second-order valence-corrected chi connectivity index (χ2v) is 5.91. The molecule has 0 spiro atoms. The molecular formula is C12H18N2OS. The van der Waals surface area contributed by atoms with Crippen LogP contribution in [0.4, 0.5) is 0 Å². The molecule has 3 rings (SSSR count). The number of nitrogens with zero attached hydrogens (tertiary/aromatic N) is 2. The number of rotatable bonds is 1. The topological polar surface area (TPSA) is 38.1 Å². The summed E-state index contributed by atoms with van der Waals surface area (Å²) in [6, 6.07) is 0. The smallest absolute Gasteiger partial charge is 0.132 e. The number of thioether (sulfide) groups is 1. The van der Waals surface area contributed by atoms with E-state index in [1.165, 1.54) is 30.0 Å². The Balaban J connectivity index is 1.91. The van der Waals surface area contributed by atoms with E-state index in [1.807, 2.05) is 18.0 Å². The first kappa shape index (κ1) is 10.7. The summed E-state index contributed by atoms with van der Waals surface area (Å²) in [5.74, 6) is 4.14. The zero-order valence-electron chi connectivity index (χ0n) is 9.43. The average molecular weight is 238 g/mol. The second-order valence-electron chi connectivity index (χ2n) is 4.76. The van der Waals surface area contributed by atoms with E-state index in [-0.39, 0.29) is 6.23 Å². The first-order valence-corrected chi connectivity index (χ1v) is 7.33. The molecule has 0 aromatic carbocycles. The van der Waals surface area contributed by atoms with Gasteiger partial charge in [0.2, 0.25) is 0 Å². The number of aliphatic hydroxyl groups is 1. The van der Waals surface area contributed by atoms with E-state index in [2.05, 4.69) is 9.55 Å². The van der Waals surface area contributed by atoms with E-state index in [4.69, 9.17) is 0 Å². The van der Waals surface area contributed by atoms with E-state index >= 15 is 0 Å². The van der Waals surface area contributed by atoms with Crippen LogP contribution in [-0.4, -0.2) is 26.2 Å². The van der Waals surface area contributed by atoms with Gasteiger partial charge < -0.3 is 9.67 Å². The first-order chi connectivity index (χ1) is 7.86. The van der Waals surface area contributed by atoms with Gasteiger partial charge >= 0.3 is 0 Å². The predicted octanol–water partition coefficient (Wildman–Crippen LogP) is 2.32. The standard InChI is InChI=1S/C12H18N2OS/c15-11-5-1-4-10-7-13-12(14(10)11)9-3-2-6-16-8-9/h7,9,11,15H,1-6,8H2. The SMILES string of the molecule is OC1CCCc2cnc(C3CCCSC3)n21. The van der Waals surface area contributed by atoms with Crippen LogP contribution in [0.25, 0.3) is 0 Å². The van der Waals surface area contributed by atoms with Crippen LogP contribution in [0, 0.1) is 0 Å². The van der Waals surface area contributed by atoms with Crippen LogP contribution < -0.4 is 0 Å². The number of aryl methyl sites for hydroxylation is 1. The van der Waals surface area contributed by atoms with E-state index in [0.717, 1.165) is 25.1 Å². The number of aliphatic hydroxyl groups excluding tert-OH is 1. The van der Waals surface area contributed by atoms with Gasteiger partial charge in [0, 0.05) is 23.6 Å². The summed E-state index contributed by atoms with van der Waals surface area (Å²) in [6.45, 7) is 0. The Morgan fingerprint density at radius 2 is 2.31 bits per heavy atom. The van der Waals surface area contributed by atoms with Crippen molar-refractivity contribution in [3.63, 3.8) is 0 Å². The fourth-order valence-electron chi connectivity index (χ4n) is 2.78. The molecule has 1 aromatic heterocycles. The number of imidazole rings is 1. The third-order valence-corrected chi connectivity index (χ3v) is 4.84. The summed E-state index contributed by atoms with van der Waals surface area (Å²) in [5, 5.41) is 10.1. The van der Waals surface area contributed by atoms with Gasteiger partial charge in [-0.3, -0.25) is 0 Å². The van der Waals surface area contributed by atoms with E-state index in [1.54, 1.807) is 0 Å². The highest BCUT2D eigenvalue weighted by molar-refractivity contribution is 7.99. The molecule has 4 heteroatoms. The Kier molecular flexibility index (Phi) is 2.94. The third kappa shape index (κ3) is 1.78. The largest absolute Gasteiger partial charge is 0.373 e. The fraction of sp³-hybridized carbons (Fsp3) is 0.750. The van der Waals surface area contributed by atoms with Gasteiger partial charge in [-0.05, 0) is 37.9 Å². The Hall–Kier alpha value is -0.480. The Bertz CT molecular complexity index is 371. The maximum absolute atomic E-state index is 10.1. The summed E-state index contributed by atoms with van der Waals surface area (Å²) in [5.41, 5.74) is 1.23. The van der Waals surface area contributed by atoms with Gasteiger partial charge in [-0.1, -0.05) is 0 Å². The molecule has 1 fully saturated rings. The molecule has 3 heterocycles. The molecule has 2 aliphatic rings. The Morgan fingerprint density at radius 3 is 3.12 bits per heavy atom. The van der Waals surface area contributed by atoms with Crippen LogP contribution in [0.5, 0.6) is 0 Å². The van der Waals surface area contributed by atoms with Crippen LogP contribution in [0.3, 0.4) is 0 Å². The van der Waals surface area contributed by atoms with Crippen molar-refractivity contribution in [2.75, 3.05) is 11.5 Å². The average Bonchev–Trinajstić information content (AvgIpc) is 2.75. The van der Waals surface area contributed by atoms with Gasteiger partial charge in [0.25, 0.3) is 0 Å². The van der Waals surface area contributed by atoms with Crippen molar-refractivity contribution >= 4 is 11.8 Å². The molecule has 88 valence electrons. The molecular weight excluding hydrogens is 220 g/mol. The van der Waals surface area contributed by atoms with Gasteiger partial charge in [0.1, 0.15) is 12.1 Å². The van der Waals surface area contributed by atoms with Gasteiger partial charge in [-0.25, -0.2) is 4.98 Å². The van der Waals surface area contributed by atoms with Crippen molar-refractivity contribution in [2.45, 2.75) is 44.2 Å². The highest BCUT2D eigenvalue weighted by Gasteiger charge is 2.27. The molecule has 0 amide bonds. The molecule has 1 saturated heterocycles. The summed E-state index contributed by atoms with van der Waals surface area (Å²) in [7, 11) is 0. The third-order valence-electron chi connectivity index (χ3n) is 3.62. The minimum absolute atomic E-state index is 0.326. The zero-order chi connectivity index (χ0) is 11.0. The normalized spacial score (nSPS) is 30.1. The van der Waals surface area contributed by atoms with Gasteiger partial charge in [0.05, 0.1) is 0 Å². The highest BCUT2D eigenvalue weighted by atomic mass is 32.2. The summed E-state index contributed by atoms with van der Waals surface area (Å²) < 4.78 is 2.10. The molecule has 16 heavy (non-hydrogen) atoms. The second kappa shape index (κ2) is 4.41. The molecule has 2 atom stereocenters. The van der Waals surface area contributed by atoms with Crippen molar-refractivity contribution < 1.29 is 5.11 Å². The molecule has 0 saturated carbocycles. The molecule has 3 nitrogen and oxygen atoms in total. The number of fused-ring (bicyclic) bond motifs is 1. The number of hydrogen-bond acceptors (Lipinski definition) is 3. The van der Waals surface area contributed by atoms with Crippen molar-refractivity contribution in [2.24, 2.45) is 0 Å². The summed E-state index contributed by atoms with van der Waals surface area (Å²) in [4.78, 5) is 4.56. The van der Waals surface area contributed by atoms with Crippen molar-refractivity contribution in [1.29, 1.82) is 0 Å². The minimum Gasteiger partial charge on any atom is -0.373 e. The number of aromatic nitrogens is 2. The van der Waals surface area contributed by atoms with Crippen LogP contribution in [0.2, 0.25) is 0 Å². The number of hydrogen-bond donors (Lipinski definition) is 1. The molecule has 0 bridgehead atoms. The maximum atomic E-state index is 10.1. The monoisotopic (exact) mass is 238 g/mol. The quantitative estimate of drug-likeness (QED) is 0.816. The highest BCUT2D eigenvalue weighted by Crippen LogP contribution is 2.34. The molecule has 2 unspecified atom stereocenters.